The molecule has 5 heteroatoms. The van der Waals surface area contributed by atoms with E-state index in [0.717, 1.165) is 42.0 Å². The maximum absolute atomic E-state index is 4.20. The molecule has 2 N–H and O–H groups in total. The minimum absolute atomic E-state index is 0.718. The van der Waals surface area contributed by atoms with Crippen molar-refractivity contribution in [3.05, 3.63) is 27.6 Å². The van der Waals surface area contributed by atoms with Crippen LogP contribution >= 0.6 is 22.6 Å². The Balaban J connectivity index is 1.75. The average Bonchev–Trinajstić information content (AvgIpc) is 2.33. The summed E-state index contributed by atoms with van der Waals surface area (Å²) in [5.74, 6) is 0.718. The maximum Gasteiger partial charge on any atom is 0.222 e. The number of anilines is 1. The van der Waals surface area contributed by atoms with Crippen molar-refractivity contribution in [2.24, 2.45) is 0 Å². The fraction of sp³-hybridized carbons (Fsp3) is 0.455. The molecular weight excluding hydrogens is 315 g/mol. The molecule has 0 saturated heterocycles. The lowest BCUT2D eigenvalue weighted by Gasteiger charge is -2.14. The first-order chi connectivity index (χ1) is 7.84. The van der Waals surface area contributed by atoms with E-state index in [1.807, 2.05) is 12.4 Å². The fourth-order valence-electron chi connectivity index (χ4n) is 1.64. The van der Waals surface area contributed by atoms with Crippen LogP contribution in [0.25, 0.3) is 0 Å². The summed E-state index contributed by atoms with van der Waals surface area (Å²) < 4.78 is 1.06. The molecule has 0 radical (unpaired) electrons. The Bertz CT molecular complexity index is 361. The van der Waals surface area contributed by atoms with E-state index in [-0.39, 0.29) is 0 Å². The van der Waals surface area contributed by atoms with Crippen molar-refractivity contribution in [1.29, 1.82) is 0 Å². The molecule has 0 unspecified atom stereocenters. The Labute approximate surface area is 109 Å². The molecule has 0 aromatic carbocycles. The molecule has 0 atom stereocenters. The first-order valence-electron chi connectivity index (χ1n) is 5.44. The summed E-state index contributed by atoms with van der Waals surface area (Å²) in [7, 11) is 0. The van der Waals surface area contributed by atoms with Crippen molar-refractivity contribution in [1.82, 2.24) is 15.3 Å². The van der Waals surface area contributed by atoms with E-state index >= 15 is 0 Å². The fourth-order valence-corrected chi connectivity index (χ4v) is 1.91. The van der Waals surface area contributed by atoms with Gasteiger partial charge in [-0.25, -0.2) is 9.97 Å². The number of hydrogen-bond acceptors (Lipinski definition) is 4. The third-order valence-corrected chi connectivity index (χ3v) is 3.06. The van der Waals surface area contributed by atoms with Crippen molar-refractivity contribution in [2.45, 2.75) is 12.8 Å². The molecule has 1 aromatic rings. The quantitative estimate of drug-likeness (QED) is 0.653. The molecule has 16 heavy (non-hydrogen) atoms. The zero-order valence-corrected chi connectivity index (χ0v) is 11.2. The molecule has 0 amide bonds. The zero-order valence-electron chi connectivity index (χ0n) is 9.04. The zero-order chi connectivity index (χ0) is 11.2. The molecule has 0 saturated carbocycles. The number of nitrogens with one attached hydrogen (secondary N) is 2. The van der Waals surface area contributed by atoms with Gasteiger partial charge in [0.2, 0.25) is 5.95 Å². The van der Waals surface area contributed by atoms with E-state index in [1.165, 1.54) is 5.57 Å². The summed E-state index contributed by atoms with van der Waals surface area (Å²) in [5.41, 5.74) is 1.52. The number of rotatable bonds is 4. The molecule has 0 spiro atoms. The van der Waals surface area contributed by atoms with Crippen LogP contribution in [0, 0.1) is 3.57 Å². The van der Waals surface area contributed by atoms with Crippen LogP contribution < -0.4 is 10.6 Å². The van der Waals surface area contributed by atoms with Gasteiger partial charge in [-0.3, -0.25) is 0 Å². The van der Waals surface area contributed by atoms with Crippen LogP contribution in [0.15, 0.2) is 24.0 Å². The van der Waals surface area contributed by atoms with E-state index in [0.29, 0.717) is 0 Å². The highest BCUT2D eigenvalue weighted by atomic mass is 127. The number of hydrogen-bond donors (Lipinski definition) is 2. The van der Waals surface area contributed by atoms with Crippen LogP contribution in [-0.2, 0) is 0 Å². The first kappa shape index (κ1) is 11.8. The summed E-state index contributed by atoms with van der Waals surface area (Å²) in [4.78, 5) is 8.40. The second-order valence-electron chi connectivity index (χ2n) is 3.72. The van der Waals surface area contributed by atoms with E-state index in [2.05, 4.69) is 49.3 Å². The third-order valence-electron chi connectivity index (χ3n) is 2.51. The molecule has 1 aliphatic rings. The number of nitrogens with zero attached hydrogens (tertiary/aromatic N) is 2. The summed E-state index contributed by atoms with van der Waals surface area (Å²) >= 11 is 2.20. The lowest BCUT2D eigenvalue weighted by atomic mass is 10.1. The van der Waals surface area contributed by atoms with Crippen LogP contribution in [0.4, 0.5) is 5.95 Å². The first-order valence-corrected chi connectivity index (χ1v) is 6.52. The third kappa shape index (κ3) is 3.71. The smallest absolute Gasteiger partial charge is 0.222 e. The molecule has 0 aliphatic carbocycles. The highest BCUT2D eigenvalue weighted by molar-refractivity contribution is 14.1. The summed E-state index contributed by atoms with van der Waals surface area (Å²) in [5, 5.41) is 6.54. The Kier molecular flexibility index (Phi) is 4.53. The average molecular weight is 330 g/mol. The molecule has 2 heterocycles. The van der Waals surface area contributed by atoms with Gasteiger partial charge in [0.1, 0.15) is 0 Å². The van der Waals surface area contributed by atoms with Crippen LogP contribution in [0.5, 0.6) is 0 Å². The number of aromatic nitrogens is 2. The Morgan fingerprint density at radius 1 is 1.38 bits per heavy atom. The van der Waals surface area contributed by atoms with Gasteiger partial charge in [0.15, 0.2) is 0 Å². The van der Waals surface area contributed by atoms with Crippen molar-refractivity contribution in [3.8, 4) is 0 Å². The molecule has 0 bridgehead atoms. The largest absolute Gasteiger partial charge is 0.354 e. The molecular formula is C11H15IN4. The van der Waals surface area contributed by atoms with Gasteiger partial charge in [-0.2, -0.15) is 0 Å². The second kappa shape index (κ2) is 6.15. The van der Waals surface area contributed by atoms with Gasteiger partial charge in [0, 0.05) is 29.1 Å². The minimum atomic E-state index is 0.718. The second-order valence-corrected chi connectivity index (χ2v) is 4.96. The summed E-state index contributed by atoms with van der Waals surface area (Å²) in [6, 6.07) is 0. The highest BCUT2D eigenvalue weighted by Crippen LogP contribution is 2.09. The predicted molar refractivity (Wildman–Crippen MR) is 73.4 cm³/mol. The van der Waals surface area contributed by atoms with E-state index < -0.39 is 0 Å². The maximum atomic E-state index is 4.20. The monoisotopic (exact) mass is 330 g/mol. The van der Waals surface area contributed by atoms with E-state index in [1.54, 1.807) is 0 Å². The van der Waals surface area contributed by atoms with Gasteiger partial charge in [-0.1, -0.05) is 11.6 Å². The molecule has 86 valence electrons. The topological polar surface area (TPSA) is 49.8 Å². The van der Waals surface area contributed by atoms with Gasteiger partial charge in [0.05, 0.1) is 0 Å². The standard InChI is InChI=1S/C11H15IN4/c12-10-7-15-11(16-8-10)14-6-3-9-1-4-13-5-2-9/h1,7-8,13H,2-6H2,(H,14,15,16). The molecule has 2 rings (SSSR count). The van der Waals surface area contributed by atoms with Crippen LogP contribution in [0.3, 0.4) is 0 Å². The van der Waals surface area contributed by atoms with Crippen molar-refractivity contribution in [3.63, 3.8) is 0 Å². The SMILES string of the molecule is Ic1cnc(NCCC2=CCNCC2)nc1. The minimum Gasteiger partial charge on any atom is -0.354 e. The van der Waals surface area contributed by atoms with Crippen LogP contribution in [0.2, 0.25) is 0 Å². The van der Waals surface area contributed by atoms with Gasteiger partial charge in [-0.15, -0.1) is 0 Å². The Hall–Kier alpha value is -0.690. The van der Waals surface area contributed by atoms with Crippen LogP contribution in [-0.4, -0.2) is 29.6 Å². The summed E-state index contributed by atoms with van der Waals surface area (Å²) in [6.45, 7) is 3.02. The summed E-state index contributed by atoms with van der Waals surface area (Å²) in [6.07, 6.45) is 8.16. The van der Waals surface area contributed by atoms with Gasteiger partial charge in [-0.05, 0) is 42.0 Å². The molecule has 1 aliphatic heterocycles. The molecule has 1 aromatic heterocycles. The van der Waals surface area contributed by atoms with Gasteiger partial charge in [0.25, 0.3) is 0 Å². The lowest BCUT2D eigenvalue weighted by Crippen LogP contribution is -2.21. The molecule has 4 nitrogen and oxygen atoms in total. The predicted octanol–water partition coefficient (Wildman–Crippen LogP) is 1.80. The van der Waals surface area contributed by atoms with Crippen LogP contribution in [0.1, 0.15) is 12.8 Å². The van der Waals surface area contributed by atoms with Crippen molar-refractivity contribution < 1.29 is 0 Å². The van der Waals surface area contributed by atoms with Crippen molar-refractivity contribution in [2.75, 3.05) is 25.0 Å². The van der Waals surface area contributed by atoms with Gasteiger partial charge < -0.3 is 10.6 Å². The van der Waals surface area contributed by atoms with Gasteiger partial charge >= 0.3 is 0 Å². The normalized spacial score (nSPS) is 15.7. The number of halogens is 1. The van der Waals surface area contributed by atoms with E-state index in [9.17, 15) is 0 Å². The Morgan fingerprint density at radius 3 is 2.88 bits per heavy atom. The van der Waals surface area contributed by atoms with Crippen molar-refractivity contribution >= 4 is 28.5 Å². The lowest BCUT2D eigenvalue weighted by molar-refractivity contribution is 0.683. The highest BCUT2D eigenvalue weighted by Gasteiger charge is 2.02. The molecule has 0 fully saturated rings. The Morgan fingerprint density at radius 2 is 2.19 bits per heavy atom. The van der Waals surface area contributed by atoms with E-state index in [4.69, 9.17) is 0 Å².